The van der Waals surface area contributed by atoms with Crippen LogP contribution < -0.4 is 0 Å². The summed E-state index contributed by atoms with van der Waals surface area (Å²) in [5.74, 6) is 2.12. The van der Waals surface area contributed by atoms with Gasteiger partial charge in [0.05, 0.1) is 13.2 Å². The van der Waals surface area contributed by atoms with Gasteiger partial charge in [0.15, 0.2) is 0 Å². The molecule has 0 aromatic heterocycles. The Bertz CT molecular complexity index is 405. The number of hydrogen-bond donors (Lipinski definition) is 0. The molecular weight excluding hydrogens is 318 g/mol. The second-order valence-corrected chi connectivity index (χ2v) is 9.46. The zero-order valence-corrected chi connectivity index (χ0v) is 13.7. The summed E-state index contributed by atoms with van der Waals surface area (Å²) < 4.78 is 5.72. The van der Waals surface area contributed by atoms with Gasteiger partial charge in [-0.15, -0.1) is 0 Å². The minimum absolute atomic E-state index is 0.309. The lowest BCUT2D eigenvalue weighted by Crippen LogP contribution is -2.54. The first-order valence-electron chi connectivity index (χ1n) is 8.10. The lowest BCUT2D eigenvalue weighted by molar-refractivity contribution is -0.142. The summed E-state index contributed by atoms with van der Waals surface area (Å²) in [6, 6.07) is 0. The molecule has 4 heteroatoms. The smallest absolute Gasteiger partial charge is 0.223 e. The number of halogens is 1. The van der Waals surface area contributed by atoms with Crippen LogP contribution in [0.5, 0.6) is 0 Å². The summed E-state index contributed by atoms with van der Waals surface area (Å²) in [6.07, 6.45) is 8.71. The fourth-order valence-electron chi connectivity index (χ4n) is 5.79. The number of hydrogen-bond acceptors (Lipinski definition) is 2. The van der Waals surface area contributed by atoms with Gasteiger partial charge >= 0.3 is 0 Å². The Kier molecular flexibility index (Phi) is 3.19. The van der Waals surface area contributed by atoms with E-state index in [4.69, 9.17) is 4.74 Å². The molecule has 5 fully saturated rings. The monoisotopic (exact) mass is 341 g/mol. The Balaban J connectivity index is 1.49. The van der Waals surface area contributed by atoms with E-state index in [-0.39, 0.29) is 0 Å². The van der Waals surface area contributed by atoms with Gasteiger partial charge in [-0.3, -0.25) is 4.79 Å². The first-order valence-corrected chi connectivity index (χ1v) is 8.90. The summed E-state index contributed by atoms with van der Waals surface area (Å²) in [6.45, 7) is 3.02. The largest absolute Gasteiger partial charge is 0.378 e. The molecule has 4 saturated carbocycles. The van der Waals surface area contributed by atoms with Gasteiger partial charge in [-0.25, -0.2) is 0 Å². The van der Waals surface area contributed by atoms with E-state index in [0.717, 1.165) is 31.3 Å². The van der Waals surface area contributed by atoms with Gasteiger partial charge in [-0.2, -0.15) is 0 Å². The highest BCUT2D eigenvalue weighted by molar-refractivity contribution is 9.10. The summed E-state index contributed by atoms with van der Waals surface area (Å²) >= 11 is 4.03. The van der Waals surface area contributed by atoms with E-state index in [0.29, 0.717) is 28.9 Å². The summed E-state index contributed by atoms with van der Waals surface area (Å²) in [7, 11) is 0. The number of carbonyl (C=O) groups is 1. The SMILES string of the molecule is O=C(CC12CC3CC(CC(Br)(C3)C1)C2)N1CCOCC1. The minimum atomic E-state index is 0.309. The maximum atomic E-state index is 12.6. The molecule has 5 aliphatic rings. The maximum absolute atomic E-state index is 12.6. The zero-order chi connectivity index (χ0) is 13.8. The molecule has 0 aromatic rings. The van der Waals surface area contributed by atoms with Gasteiger partial charge in [0.1, 0.15) is 0 Å². The van der Waals surface area contributed by atoms with Gasteiger partial charge in [0.2, 0.25) is 5.91 Å². The average Bonchev–Trinajstić information content (AvgIpc) is 2.36. The Hall–Kier alpha value is -0.0900. The van der Waals surface area contributed by atoms with Crippen molar-refractivity contribution in [3.05, 3.63) is 0 Å². The van der Waals surface area contributed by atoms with Crippen molar-refractivity contribution in [3.63, 3.8) is 0 Å². The van der Waals surface area contributed by atoms with Crippen LogP contribution in [0.3, 0.4) is 0 Å². The molecule has 3 nitrogen and oxygen atoms in total. The standard InChI is InChI=1S/C16H24BrNO2/c17-16-8-12-5-13(9-16)7-15(6-12,11-16)10-14(19)18-1-3-20-4-2-18/h12-13H,1-11H2. The first-order chi connectivity index (χ1) is 9.56. The van der Waals surface area contributed by atoms with Gasteiger partial charge in [-0.1, -0.05) is 15.9 Å². The zero-order valence-electron chi connectivity index (χ0n) is 12.1. The van der Waals surface area contributed by atoms with Crippen molar-refractivity contribution in [3.8, 4) is 0 Å². The topological polar surface area (TPSA) is 29.5 Å². The number of rotatable bonds is 2. The van der Waals surface area contributed by atoms with E-state index >= 15 is 0 Å². The van der Waals surface area contributed by atoms with Crippen LogP contribution in [0, 0.1) is 17.3 Å². The normalized spacial score (nSPS) is 46.8. The Morgan fingerprint density at radius 2 is 1.80 bits per heavy atom. The molecule has 2 atom stereocenters. The Labute approximate surface area is 129 Å². The highest BCUT2D eigenvalue weighted by Crippen LogP contribution is 2.65. The molecule has 1 saturated heterocycles. The summed E-state index contributed by atoms with van der Waals surface area (Å²) in [4.78, 5) is 14.7. The average molecular weight is 342 g/mol. The number of amides is 1. The summed E-state index contributed by atoms with van der Waals surface area (Å²) in [5.41, 5.74) is 0.309. The van der Waals surface area contributed by atoms with Crippen LogP contribution >= 0.6 is 15.9 Å². The minimum Gasteiger partial charge on any atom is -0.378 e. The molecule has 0 radical (unpaired) electrons. The first kappa shape index (κ1) is 13.6. The number of alkyl halides is 1. The maximum Gasteiger partial charge on any atom is 0.223 e. The molecule has 1 aliphatic heterocycles. The van der Waals surface area contributed by atoms with Crippen molar-refractivity contribution < 1.29 is 9.53 Å². The van der Waals surface area contributed by atoms with Crippen molar-refractivity contribution in [1.82, 2.24) is 4.90 Å². The molecule has 0 spiro atoms. The molecule has 5 rings (SSSR count). The van der Waals surface area contributed by atoms with Gasteiger partial charge < -0.3 is 9.64 Å². The van der Waals surface area contributed by atoms with Crippen molar-refractivity contribution in [2.24, 2.45) is 17.3 Å². The van der Waals surface area contributed by atoms with Crippen LogP contribution in [-0.2, 0) is 9.53 Å². The molecule has 1 amide bonds. The highest BCUT2D eigenvalue weighted by atomic mass is 79.9. The van der Waals surface area contributed by atoms with E-state index in [2.05, 4.69) is 15.9 Å². The van der Waals surface area contributed by atoms with Crippen molar-refractivity contribution in [1.29, 1.82) is 0 Å². The number of ether oxygens (including phenoxy) is 1. The molecule has 2 unspecified atom stereocenters. The number of carbonyl (C=O) groups excluding carboxylic acids is 1. The van der Waals surface area contributed by atoms with Crippen LogP contribution in [0.2, 0.25) is 0 Å². The van der Waals surface area contributed by atoms with Gasteiger partial charge in [0.25, 0.3) is 0 Å². The molecule has 4 bridgehead atoms. The molecule has 20 heavy (non-hydrogen) atoms. The third-order valence-corrected chi connectivity index (χ3v) is 6.93. The van der Waals surface area contributed by atoms with E-state index < -0.39 is 0 Å². The molecular formula is C16H24BrNO2. The molecule has 0 N–H and O–H groups in total. The molecule has 0 aromatic carbocycles. The van der Waals surface area contributed by atoms with Crippen LogP contribution in [0.4, 0.5) is 0 Å². The predicted molar refractivity (Wildman–Crippen MR) is 80.8 cm³/mol. The Morgan fingerprint density at radius 1 is 1.15 bits per heavy atom. The summed E-state index contributed by atoms with van der Waals surface area (Å²) in [5, 5.41) is 0. The molecule has 1 heterocycles. The van der Waals surface area contributed by atoms with Crippen molar-refractivity contribution >= 4 is 21.8 Å². The fraction of sp³-hybridized carbons (Fsp3) is 0.938. The van der Waals surface area contributed by atoms with Crippen molar-refractivity contribution in [2.45, 2.75) is 49.3 Å². The third-order valence-electron chi connectivity index (χ3n) is 6.00. The van der Waals surface area contributed by atoms with Crippen LogP contribution in [0.1, 0.15) is 44.9 Å². The van der Waals surface area contributed by atoms with E-state index in [1.54, 1.807) is 0 Å². The van der Waals surface area contributed by atoms with E-state index in [1.807, 2.05) is 4.90 Å². The highest BCUT2D eigenvalue weighted by Gasteiger charge is 2.57. The third kappa shape index (κ3) is 2.33. The second kappa shape index (κ2) is 4.70. The predicted octanol–water partition coefficient (Wildman–Crippen LogP) is 2.97. The van der Waals surface area contributed by atoms with Crippen LogP contribution in [0.15, 0.2) is 0 Å². The van der Waals surface area contributed by atoms with Crippen LogP contribution in [0.25, 0.3) is 0 Å². The van der Waals surface area contributed by atoms with Crippen molar-refractivity contribution in [2.75, 3.05) is 26.3 Å². The van der Waals surface area contributed by atoms with Gasteiger partial charge in [-0.05, 0) is 55.8 Å². The fourth-order valence-corrected chi connectivity index (χ4v) is 7.30. The number of morpholine rings is 1. The quantitative estimate of drug-likeness (QED) is 0.722. The van der Waals surface area contributed by atoms with Crippen LogP contribution in [-0.4, -0.2) is 41.4 Å². The molecule has 4 aliphatic carbocycles. The van der Waals surface area contributed by atoms with E-state index in [1.165, 1.54) is 38.5 Å². The Morgan fingerprint density at radius 3 is 2.40 bits per heavy atom. The van der Waals surface area contributed by atoms with E-state index in [9.17, 15) is 4.79 Å². The van der Waals surface area contributed by atoms with Gasteiger partial charge in [0, 0.05) is 23.8 Å². The number of nitrogens with zero attached hydrogens (tertiary/aromatic N) is 1. The molecule has 112 valence electrons. The lowest BCUT2D eigenvalue weighted by atomic mass is 9.48. The lowest BCUT2D eigenvalue weighted by Gasteiger charge is -2.60. The second-order valence-electron chi connectivity index (χ2n) is 7.78.